The Morgan fingerprint density at radius 1 is 1.47 bits per heavy atom. The molecule has 0 fully saturated rings. The first-order valence-electron chi connectivity index (χ1n) is 5.49. The van der Waals surface area contributed by atoms with Crippen molar-refractivity contribution in [2.75, 3.05) is 12.3 Å². The van der Waals surface area contributed by atoms with E-state index in [0.717, 1.165) is 12.0 Å². The molecule has 0 bridgehead atoms. The minimum atomic E-state index is -0.586. The van der Waals surface area contributed by atoms with Gasteiger partial charge in [0, 0.05) is 17.8 Å². The zero-order valence-electron chi connectivity index (χ0n) is 9.64. The number of hydrogen-bond donors (Lipinski definition) is 2. The van der Waals surface area contributed by atoms with Crippen molar-refractivity contribution in [1.29, 1.82) is 0 Å². The molecule has 5 heteroatoms. The number of nitrogen functional groups attached to an aromatic ring is 1. The molecule has 4 N–H and O–H groups in total. The number of hydrogen-bond acceptors (Lipinski definition) is 3. The maximum atomic E-state index is 12.2. The van der Waals surface area contributed by atoms with E-state index in [4.69, 9.17) is 11.5 Å². The molecule has 0 aliphatic carbocycles. The number of carbonyl (C=O) groups is 2. The van der Waals surface area contributed by atoms with E-state index in [0.29, 0.717) is 17.8 Å². The minimum Gasteiger partial charge on any atom is -0.399 e. The number of rotatable bonds is 2. The molecular weight excluding hydrogens is 218 g/mol. The molecule has 2 amide bonds. The molecule has 0 radical (unpaired) electrons. The van der Waals surface area contributed by atoms with Gasteiger partial charge in [0.05, 0.1) is 0 Å². The summed E-state index contributed by atoms with van der Waals surface area (Å²) in [4.78, 5) is 24.8. The van der Waals surface area contributed by atoms with Gasteiger partial charge in [0.15, 0.2) is 0 Å². The van der Waals surface area contributed by atoms with E-state index >= 15 is 0 Å². The summed E-state index contributed by atoms with van der Waals surface area (Å²) in [6, 6.07) is 4.70. The van der Waals surface area contributed by atoms with Crippen molar-refractivity contribution in [2.45, 2.75) is 19.4 Å². The van der Waals surface area contributed by atoms with Crippen molar-refractivity contribution in [3.8, 4) is 0 Å². The molecule has 1 heterocycles. The molecule has 1 aromatic rings. The Bertz CT molecular complexity index is 485. The Morgan fingerprint density at radius 3 is 2.82 bits per heavy atom. The average Bonchev–Trinajstić information content (AvgIpc) is 2.29. The maximum Gasteiger partial charge on any atom is 0.254 e. The second-order valence-corrected chi connectivity index (χ2v) is 4.24. The van der Waals surface area contributed by atoms with Gasteiger partial charge >= 0.3 is 0 Å². The Balaban J connectivity index is 2.35. The molecular formula is C12H15N3O2. The van der Waals surface area contributed by atoms with Crippen LogP contribution in [0, 0.1) is 0 Å². The molecule has 1 aliphatic heterocycles. The number of fused-ring (bicyclic) bond motifs is 1. The highest BCUT2D eigenvalue weighted by atomic mass is 16.2. The molecule has 1 unspecified atom stereocenters. The first-order chi connectivity index (χ1) is 8.00. The van der Waals surface area contributed by atoms with Crippen LogP contribution in [0.15, 0.2) is 18.2 Å². The summed E-state index contributed by atoms with van der Waals surface area (Å²) in [6.45, 7) is 2.15. The summed E-state index contributed by atoms with van der Waals surface area (Å²) in [5.74, 6) is -0.671. The molecule has 17 heavy (non-hydrogen) atoms. The SMILES string of the molecule is CC(C(N)=O)N1CCc2ccc(N)cc2C1=O. The summed E-state index contributed by atoms with van der Waals surface area (Å²) < 4.78 is 0. The fourth-order valence-electron chi connectivity index (χ4n) is 2.03. The van der Waals surface area contributed by atoms with Gasteiger partial charge in [0.1, 0.15) is 6.04 Å². The van der Waals surface area contributed by atoms with Crippen molar-refractivity contribution in [1.82, 2.24) is 4.90 Å². The van der Waals surface area contributed by atoms with Crippen molar-refractivity contribution in [3.63, 3.8) is 0 Å². The predicted octanol–water partition coefficient (Wildman–Crippen LogP) is 0.141. The van der Waals surface area contributed by atoms with Gasteiger partial charge in [0.25, 0.3) is 5.91 Å². The van der Waals surface area contributed by atoms with Crippen LogP contribution in [-0.4, -0.2) is 29.3 Å². The zero-order chi connectivity index (χ0) is 12.6. The van der Waals surface area contributed by atoms with Crippen LogP contribution in [0.1, 0.15) is 22.8 Å². The quantitative estimate of drug-likeness (QED) is 0.712. The van der Waals surface area contributed by atoms with E-state index in [-0.39, 0.29) is 5.91 Å². The third kappa shape index (κ3) is 1.95. The average molecular weight is 233 g/mol. The largest absolute Gasteiger partial charge is 0.399 e. The van der Waals surface area contributed by atoms with Gasteiger partial charge in [-0.3, -0.25) is 9.59 Å². The number of primary amides is 1. The smallest absolute Gasteiger partial charge is 0.254 e. The molecule has 0 saturated heterocycles. The van der Waals surface area contributed by atoms with Gasteiger partial charge in [-0.2, -0.15) is 0 Å². The normalized spacial score (nSPS) is 16.5. The Kier molecular flexibility index (Phi) is 2.75. The second-order valence-electron chi connectivity index (χ2n) is 4.24. The van der Waals surface area contributed by atoms with Crippen molar-refractivity contribution >= 4 is 17.5 Å². The van der Waals surface area contributed by atoms with E-state index in [9.17, 15) is 9.59 Å². The zero-order valence-corrected chi connectivity index (χ0v) is 9.64. The summed E-state index contributed by atoms with van der Waals surface area (Å²) in [5.41, 5.74) is 13.0. The van der Waals surface area contributed by atoms with Crippen LogP contribution in [0.2, 0.25) is 0 Å². The van der Waals surface area contributed by atoms with Gasteiger partial charge < -0.3 is 16.4 Å². The van der Waals surface area contributed by atoms with Crippen molar-refractivity contribution in [2.24, 2.45) is 5.73 Å². The lowest BCUT2D eigenvalue weighted by atomic mass is 9.97. The third-order valence-electron chi connectivity index (χ3n) is 3.13. The third-order valence-corrected chi connectivity index (χ3v) is 3.13. The first kappa shape index (κ1) is 11.4. The van der Waals surface area contributed by atoms with Gasteiger partial charge in [-0.25, -0.2) is 0 Å². The van der Waals surface area contributed by atoms with Crippen LogP contribution < -0.4 is 11.5 Å². The van der Waals surface area contributed by atoms with E-state index < -0.39 is 11.9 Å². The predicted molar refractivity (Wildman–Crippen MR) is 64.3 cm³/mol. The van der Waals surface area contributed by atoms with Crippen LogP contribution >= 0.6 is 0 Å². The molecule has 5 nitrogen and oxygen atoms in total. The highest BCUT2D eigenvalue weighted by Gasteiger charge is 2.30. The molecule has 2 rings (SSSR count). The highest BCUT2D eigenvalue weighted by Crippen LogP contribution is 2.22. The number of nitrogens with two attached hydrogens (primary N) is 2. The number of amides is 2. The van der Waals surface area contributed by atoms with Crippen LogP contribution in [-0.2, 0) is 11.2 Å². The molecule has 0 spiro atoms. The molecule has 1 atom stereocenters. The lowest BCUT2D eigenvalue weighted by Crippen LogP contribution is -2.49. The molecule has 1 aliphatic rings. The van der Waals surface area contributed by atoms with E-state index in [2.05, 4.69) is 0 Å². The highest BCUT2D eigenvalue weighted by molar-refractivity contribution is 6.00. The Labute approximate surface area is 99.4 Å². The van der Waals surface area contributed by atoms with Gasteiger partial charge in [-0.05, 0) is 31.0 Å². The molecule has 1 aromatic carbocycles. The van der Waals surface area contributed by atoms with Crippen LogP contribution in [0.25, 0.3) is 0 Å². The lowest BCUT2D eigenvalue weighted by Gasteiger charge is -2.32. The van der Waals surface area contributed by atoms with Crippen molar-refractivity contribution < 1.29 is 9.59 Å². The molecule has 90 valence electrons. The second kappa shape index (κ2) is 4.08. The molecule has 0 saturated carbocycles. The molecule has 0 aromatic heterocycles. The van der Waals surface area contributed by atoms with E-state index in [1.807, 2.05) is 6.07 Å². The Morgan fingerprint density at radius 2 is 2.18 bits per heavy atom. The summed E-state index contributed by atoms with van der Waals surface area (Å²) in [5, 5.41) is 0. The standard InChI is InChI=1S/C12H15N3O2/c1-7(11(14)16)15-5-4-8-2-3-9(13)6-10(8)12(15)17/h2-3,6-7H,4-5,13H2,1H3,(H2,14,16). The van der Waals surface area contributed by atoms with Crippen LogP contribution in [0.4, 0.5) is 5.69 Å². The fourth-order valence-corrected chi connectivity index (χ4v) is 2.03. The number of anilines is 1. The van der Waals surface area contributed by atoms with Gasteiger partial charge in [-0.15, -0.1) is 0 Å². The number of benzene rings is 1. The summed E-state index contributed by atoms with van der Waals surface area (Å²) >= 11 is 0. The van der Waals surface area contributed by atoms with Crippen LogP contribution in [0.3, 0.4) is 0 Å². The lowest BCUT2D eigenvalue weighted by molar-refractivity contribution is -0.122. The maximum absolute atomic E-state index is 12.2. The summed E-state index contributed by atoms with van der Waals surface area (Å²) in [7, 11) is 0. The van der Waals surface area contributed by atoms with E-state index in [1.165, 1.54) is 4.90 Å². The minimum absolute atomic E-state index is 0.176. The topological polar surface area (TPSA) is 89.4 Å². The van der Waals surface area contributed by atoms with Gasteiger partial charge in [-0.1, -0.05) is 6.07 Å². The monoisotopic (exact) mass is 233 g/mol. The number of nitrogens with zero attached hydrogens (tertiary/aromatic N) is 1. The van der Waals surface area contributed by atoms with Crippen LogP contribution in [0.5, 0.6) is 0 Å². The first-order valence-corrected chi connectivity index (χ1v) is 5.49. The Hall–Kier alpha value is -2.04. The van der Waals surface area contributed by atoms with Crippen molar-refractivity contribution in [3.05, 3.63) is 29.3 Å². The van der Waals surface area contributed by atoms with Gasteiger partial charge in [0.2, 0.25) is 5.91 Å². The van der Waals surface area contributed by atoms with E-state index in [1.54, 1.807) is 19.1 Å². The number of carbonyl (C=O) groups excluding carboxylic acids is 2. The summed E-state index contributed by atoms with van der Waals surface area (Å²) in [6.07, 6.45) is 0.721. The fraction of sp³-hybridized carbons (Fsp3) is 0.333.